The van der Waals surface area contributed by atoms with Gasteiger partial charge in [0.05, 0.1) is 19.1 Å². The Balaban J connectivity index is 1.47. The minimum Gasteiger partial charge on any atom is -0.494 e. The van der Waals surface area contributed by atoms with Crippen molar-refractivity contribution in [3.05, 3.63) is 81.9 Å². The van der Waals surface area contributed by atoms with Gasteiger partial charge in [-0.25, -0.2) is 0 Å². The third kappa shape index (κ3) is 6.97. The van der Waals surface area contributed by atoms with Crippen molar-refractivity contribution in [2.75, 3.05) is 38.2 Å². The van der Waals surface area contributed by atoms with E-state index in [2.05, 4.69) is 12.2 Å². The van der Waals surface area contributed by atoms with Gasteiger partial charge in [0.2, 0.25) is 5.91 Å². The fourth-order valence-electron chi connectivity index (χ4n) is 6.32. The van der Waals surface area contributed by atoms with Crippen LogP contribution in [0.3, 0.4) is 0 Å². The molecule has 2 heterocycles. The second-order valence-corrected chi connectivity index (χ2v) is 11.8. The van der Waals surface area contributed by atoms with Gasteiger partial charge < -0.3 is 24.6 Å². The van der Waals surface area contributed by atoms with E-state index < -0.39 is 17.9 Å². The van der Waals surface area contributed by atoms with Gasteiger partial charge in [-0.05, 0) is 77.9 Å². The van der Waals surface area contributed by atoms with E-state index in [9.17, 15) is 14.7 Å². The number of carbonyl (C=O) groups is 2. The van der Waals surface area contributed by atoms with E-state index in [4.69, 9.17) is 25.8 Å². The molecule has 1 saturated heterocycles. The van der Waals surface area contributed by atoms with Crippen LogP contribution in [0.5, 0.6) is 17.2 Å². The number of hydrogen-bond donors (Lipinski definition) is 2. The number of ether oxygens (including phenoxy) is 3. The second kappa shape index (κ2) is 14.4. The van der Waals surface area contributed by atoms with Crippen molar-refractivity contribution < 1.29 is 28.9 Å². The van der Waals surface area contributed by atoms with E-state index in [0.29, 0.717) is 42.9 Å². The molecule has 1 amide bonds. The van der Waals surface area contributed by atoms with Crippen molar-refractivity contribution in [3.8, 4) is 17.2 Å². The molecular weight excluding hydrogens is 580 g/mol. The number of likely N-dealkylation sites (tertiary alicyclic amines) is 1. The smallest absolute Gasteiger partial charge is 0.309 e. The van der Waals surface area contributed by atoms with E-state index in [0.717, 1.165) is 59.4 Å². The minimum absolute atomic E-state index is 0.0270. The zero-order chi connectivity index (χ0) is 31.2. The highest BCUT2D eigenvalue weighted by atomic mass is 35.5. The standard InChI is InChI=1S/C35H41ClN2O6/c1-4-7-14-42-27-11-8-24(9-12-27)34-32(35(40)41)28(25-10-13-29-30(19-25)44-16-15-43-29)20-38(34)21-31(39)37-33-22(5-2)17-26(36)18-23(33)6-3/h8-13,17-19,28,32,34H,4-7,14-16,20-21H2,1-3H3,(H,37,39)(H,40,41)/t28-,32-,34+/m1/s1. The van der Waals surface area contributed by atoms with Crippen LogP contribution in [-0.4, -0.2) is 54.8 Å². The summed E-state index contributed by atoms with van der Waals surface area (Å²) in [5, 5.41) is 14.4. The largest absolute Gasteiger partial charge is 0.494 e. The molecular formula is C35H41ClN2O6. The monoisotopic (exact) mass is 620 g/mol. The first kappa shape index (κ1) is 31.7. The summed E-state index contributed by atoms with van der Waals surface area (Å²) in [4.78, 5) is 28.7. The van der Waals surface area contributed by atoms with Gasteiger partial charge in [0.15, 0.2) is 11.5 Å². The summed E-state index contributed by atoms with van der Waals surface area (Å²) < 4.78 is 17.4. The molecule has 2 N–H and O–H groups in total. The van der Waals surface area contributed by atoms with Crippen molar-refractivity contribution in [2.24, 2.45) is 5.92 Å². The summed E-state index contributed by atoms with van der Waals surface area (Å²) >= 11 is 6.35. The van der Waals surface area contributed by atoms with Gasteiger partial charge in [0.1, 0.15) is 19.0 Å². The first-order valence-corrected chi connectivity index (χ1v) is 15.9. The van der Waals surface area contributed by atoms with Crippen molar-refractivity contribution in [1.29, 1.82) is 0 Å². The van der Waals surface area contributed by atoms with Gasteiger partial charge in [0, 0.05) is 29.2 Å². The first-order chi connectivity index (χ1) is 21.3. The Labute approximate surface area is 264 Å². The van der Waals surface area contributed by atoms with Crippen molar-refractivity contribution in [2.45, 2.75) is 58.4 Å². The summed E-state index contributed by atoms with van der Waals surface area (Å²) in [6.45, 7) is 8.12. The number of carboxylic acids is 1. The third-order valence-electron chi connectivity index (χ3n) is 8.51. The highest BCUT2D eigenvalue weighted by molar-refractivity contribution is 6.30. The molecule has 2 aliphatic rings. The molecule has 0 spiro atoms. The average molecular weight is 621 g/mol. The minimum atomic E-state index is -0.916. The molecule has 44 heavy (non-hydrogen) atoms. The van der Waals surface area contributed by atoms with Gasteiger partial charge in [0.25, 0.3) is 0 Å². The number of fused-ring (bicyclic) bond motifs is 1. The second-order valence-electron chi connectivity index (χ2n) is 11.4. The number of carboxylic acid groups (broad SMARTS) is 1. The number of hydrogen-bond acceptors (Lipinski definition) is 6. The molecule has 8 nitrogen and oxygen atoms in total. The van der Waals surface area contributed by atoms with Gasteiger partial charge in [-0.3, -0.25) is 14.5 Å². The van der Waals surface area contributed by atoms with E-state index in [1.807, 2.05) is 73.3 Å². The van der Waals surface area contributed by atoms with Crippen LogP contribution in [-0.2, 0) is 22.4 Å². The summed E-state index contributed by atoms with van der Waals surface area (Å²) in [5.41, 5.74) is 4.39. The molecule has 0 aliphatic carbocycles. The van der Waals surface area contributed by atoms with E-state index >= 15 is 0 Å². The molecule has 234 valence electrons. The maximum absolute atomic E-state index is 13.7. The van der Waals surface area contributed by atoms with E-state index in [1.54, 1.807) is 0 Å². The molecule has 2 aliphatic heterocycles. The summed E-state index contributed by atoms with van der Waals surface area (Å²) in [6.07, 6.45) is 3.43. The predicted octanol–water partition coefficient (Wildman–Crippen LogP) is 6.89. The quantitative estimate of drug-likeness (QED) is 0.213. The molecule has 3 atom stereocenters. The van der Waals surface area contributed by atoms with Gasteiger partial charge in [-0.1, -0.05) is 57.0 Å². The van der Waals surface area contributed by atoms with Gasteiger partial charge in [-0.15, -0.1) is 0 Å². The first-order valence-electron chi connectivity index (χ1n) is 15.5. The van der Waals surface area contributed by atoms with Crippen LogP contribution >= 0.6 is 11.6 Å². The van der Waals surface area contributed by atoms with Crippen molar-refractivity contribution in [3.63, 3.8) is 0 Å². The SMILES string of the molecule is CCCCOc1ccc([C@H]2[C@H](C(=O)O)[C@@H](c3ccc4c(c3)OCCO4)CN2CC(=O)Nc2c(CC)cc(Cl)cc2CC)cc1. The number of nitrogens with one attached hydrogen (secondary N) is 1. The highest BCUT2D eigenvalue weighted by Gasteiger charge is 2.48. The van der Waals surface area contributed by atoms with Crippen LogP contribution in [0.25, 0.3) is 0 Å². The molecule has 9 heteroatoms. The number of rotatable bonds is 12. The number of benzene rings is 3. The van der Waals surface area contributed by atoms with E-state index in [1.165, 1.54) is 0 Å². The third-order valence-corrected chi connectivity index (χ3v) is 8.72. The number of halogens is 1. The lowest BCUT2D eigenvalue weighted by molar-refractivity contribution is -0.143. The van der Waals surface area contributed by atoms with Crippen molar-refractivity contribution >= 4 is 29.2 Å². The Morgan fingerprint density at radius 3 is 2.25 bits per heavy atom. The summed E-state index contributed by atoms with van der Waals surface area (Å²) in [5.74, 6) is -0.297. The van der Waals surface area contributed by atoms with Crippen LogP contribution in [0.4, 0.5) is 5.69 Å². The lowest BCUT2D eigenvalue weighted by Gasteiger charge is -2.27. The number of anilines is 1. The summed E-state index contributed by atoms with van der Waals surface area (Å²) in [7, 11) is 0. The molecule has 5 rings (SSSR count). The average Bonchev–Trinajstić information content (AvgIpc) is 3.41. The molecule has 0 radical (unpaired) electrons. The van der Waals surface area contributed by atoms with Crippen LogP contribution in [0.1, 0.15) is 67.8 Å². The lowest BCUT2D eigenvalue weighted by Crippen LogP contribution is -2.35. The fraction of sp³-hybridized carbons (Fsp3) is 0.429. The Bertz CT molecular complexity index is 1450. The molecule has 0 bridgehead atoms. The number of aliphatic carboxylic acids is 1. The number of amides is 1. The predicted molar refractivity (Wildman–Crippen MR) is 171 cm³/mol. The Hall–Kier alpha value is -3.75. The highest BCUT2D eigenvalue weighted by Crippen LogP contribution is 2.47. The van der Waals surface area contributed by atoms with Crippen molar-refractivity contribution in [1.82, 2.24) is 4.90 Å². The number of aryl methyl sites for hydroxylation is 2. The molecule has 0 saturated carbocycles. The molecule has 3 aromatic carbocycles. The molecule has 1 fully saturated rings. The molecule has 0 aromatic heterocycles. The number of nitrogens with zero attached hydrogens (tertiary/aromatic N) is 1. The Morgan fingerprint density at radius 2 is 1.61 bits per heavy atom. The fourth-order valence-corrected chi connectivity index (χ4v) is 6.58. The normalized spacial score (nSPS) is 19.5. The van der Waals surface area contributed by atoms with Gasteiger partial charge in [-0.2, -0.15) is 0 Å². The Morgan fingerprint density at radius 1 is 0.955 bits per heavy atom. The molecule has 3 aromatic rings. The zero-order valence-electron chi connectivity index (χ0n) is 25.6. The number of carbonyl (C=O) groups excluding carboxylic acids is 1. The Kier molecular flexibility index (Phi) is 10.3. The molecule has 0 unspecified atom stereocenters. The maximum atomic E-state index is 13.7. The van der Waals surface area contributed by atoms with Crippen LogP contribution < -0.4 is 19.5 Å². The zero-order valence-corrected chi connectivity index (χ0v) is 26.4. The number of unbranched alkanes of at least 4 members (excludes halogenated alkanes) is 1. The van der Waals surface area contributed by atoms with Crippen LogP contribution in [0.15, 0.2) is 54.6 Å². The van der Waals surface area contributed by atoms with Crippen LogP contribution in [0, 0.1) is 5.92 Å². The summed E-state index contributed by atoms with van der Waals surface area (Å²) in [6, 6.07) is 16.5. The van der Waals surface area contributed by atoms with E-state index in [-0.39, 0.29) is 18.4 Å². The lowest BCUT2D eigenvalue weighted by atomic mass is 9.82. The van der Waals surface area contributed by atoms with Gasteiger partial charge >= 0.3 is 5.97 Å². The maximum Gasteiger partial charge on any atom is 0.309 e. The van der Waals surface area contributed by atoms with Crippen LogP contribution in [0.2, 0.25) is 5.02 Å². The topological polar surface area (TPSA) is 97.3 Å².